The van der Waals surface area contributed by atoms with Gasteiger partial charge in [-0.1, -0.05) is 40.5 Å². The molecule has 0 aromatic carbocycles. The van der Waals surface area contributed by atoms with Crippen molar-refractivity contribution >= 4 is 0 Å². The Kier molecular flexibility index (Phi) is 5.99. The van der Waals surface area contributed by atoms with Crippen molar-refractivity contribution in [2.75, 3.05) is 7.11 Å². The van der Waals surface area contributed by atoms with Gasteiger partial charge in [0.1, 0.15) is 0 Å². The van der Waals surface area contributed by atoms with Gasteiger partial charge in [0, 0.05) is 7.11 Å². The van der Waals surface area contributed by atoms with Gasteiger partial charge in [0.15, 0.2) is 0 Å². The topological polar surface area (TPSA) is 9.23 Å². The van der Waals surface area contributed by atoms with Crippen LogP contribution in [-0.4, -0.2) is 13.2 Å². The molecule has 0 saturated heterocycles. The van der Waals surface area contributed by atoms with Gasteiger partial charge in [-0.3, -0.25) is 0 Å². The van der Waals surface area contributed by atoms with Crippen LogP contribution in [0.1, 0.15) is 72.6 Å². The second-order valence-corrected chi connectivity index (χ2v) is 7.03. The lowest BCUT2D eigenvalue weighted by molar-refractivity contribution is 0.0433. The Hall–Kier alpha value is -0.0400. The van der Waals surface area contributed by atoms with Crippen molar-refractivity contribution in [1.29, 1.82) is 0 Å². The summed E-state index contributed by atoms with van der Waals surface area (Å²) in [6.07, 6.45) is 9.91. The van der Waals surface area contributed by atoms with Crippen molar-refractivity contribution in [2.24, 2.45) is 17.3 Å². The summed E-state index contributed by atoms with van der Waals surface area (Å²) in [4.78, 5) is 0. The Balaban J connectivity index is 2.59. The second-order valence-electron chi connectivity index (χ2n) is 7.03. The van der Waals surface area contributed by atoms with E-state index in [9.17, 15) is 0 Å². The molecule has 1 saturated carbocycles. The molecule has 0 heterocycles. The summed E-state index contributed by atoms with van der Waals surface area (Å²) in [6, 6.07) is 0. The highest BCUT2D eigenvalue weighted by molar-refractivity contribution is 4.75. The van der Waals surface area contributed by atoms with Crippen LogP contribution in [0.2, 0.25) is 0 Å². The Morgan fingerprint density at radius 2 is 1.65 bits per heavy atom. The number of hydrogen-bond acceptors (Lipinski definition) is 1. The first-order chi connectivity index (χ1) is 7.94. The van der Waals surface area contributed by atoms with Crippen molar-refractivity contribution in [3.63, 3.8) is 0 Å². The van der Waals surface area contributed by atoms with Gasteiger partial charge in [0.2, 0.25) is 0 Å². The third kappa shape index (κ3) is 5.42. The number of rotatable bonds is 1. The molecule has 0 bridgehead atoms. The van der Waals surface area contributed by atoms with E-state index in [0.717, 1.165) is 11.8 Å². The molecule has 3 atom stereocenters. The Morgan fingerprint density at radius 3 is 2.29 bits per heavy atom. The maximum Gasteiger partial charge on any atom is 0.0597 e. The number of ether oxygens (including phenoxy) is 1. The van der Waals surface area contributed by atoms with Crippen molar-refractivity contribution in [1.82, 2.24) is 0 Å². The highest BCUT2D eigenvalue weighted by atomic mass is 16.5. The fourth-order valence-corrected chi connectivity index (χ4v) is 3.08. The summed E-state index contributed by atoms with van der Waals surface area (Å²) >= 11 is 0. The third-order valence-electron chi connectivity index (χ3n) is 4.71. The van der Waals surface area contributed by atoms with Crippen LogP contribution in [0.25, 0.3) is 0 Å². The van der Waals surface area contributed by atoms with Crippen LogP contribution >= 0.6 is 0 Å². The molecule has 1 aliphatic carbocycles. The average molecular weight is 240 g/mol. The van der Waals surface area contributed by atoms with Crippen LogP contribution in [0.3, 0.4) is 0 Å². The maximum absolute atomic E-state index is 5.68. The summed E-state index contributed by atoms with van der Waals surface area (Å²) in [6.45, 7) is 9.65. The van der Waals surface area contributed by atoms with Gasteiger partial charge in [-0.2, -0.15) is 0 Å². The molecule has 1 rings (SSSR count). The summed E-state index contributed by atoms with van der Waals surface area (Å²) in [5, 5.41) is 0. The zero-order chi connectivity index (χ0) is 12.9. The largest absolute Gasteiger partial charge is 0.381 e. The normalized spacial score (nSPS) is 36.2. The fourth-order valence-electron chi connectivity index (χ4n) is 3.08. The van der Waals surface area contributed by atoms with Gasteiger partial charge in [-0.15, -0.1) is 0 Å². The lowest BCUT2D eigenvalue weighted by Gasteiger charge is -2.26. The maximum atomic E-state index is 5.68. The van der Waals surface area contributed by atoms with E-state index in [1.165, 1.54) is 44.9 Å². The number of methoxy groups -OCH3 is 1. The first kappa shape index (κ1) is 15.0. The van der Waals surface area contributed by atoms with Crippen molar-refractivity contribution < 1.29 is 4.74 Å². The average Bonchev–Trinajstić information content (AvgIpc) is 2.28. The predicted octanol–water partition coefficient (Wildman–Crippen LogP) is 5.04. The molecule has 1 fully saturated rings. The van der Waals surface area contributed by atoms with Crippen molar-refractivity contribution in [2.45, 2.75) is 78.7 Å². The summed E-state index contributed by atoms with van der Waals surface area (Å²) in [7, 11) is 1.88. The molecule has 0 aliphatic heterocycles. The summed E-state index contributed by atoms with van der Waals surface area (Å²) in [5.41, 5.74) is 0.543. The van der Waals surface area contributed by atoms with Crippen LogP contribution in [0.15, 0.2) is 0 Å². The molecule has 0 aromatic heterocycles. The van der Waals surface area contributed by atoms with Crippen LogP contribution in [0.4, 0.5) is 0 Å². The highest BCUT2D eigenvalue weighted by Crippen LogP contribution is 2.34. The SMILES string of the molecule is COC1CCC(C)CCC(C)(C)CCCC1C. The molecule has 3 unspecified atom stereocenters. The monoisotopic (exact) mass is 240 g/mol. The van der Waals surface area contributed by atoms with Gasteiger partial charge >= 0.3 is 0 Å². The van der Waals surface area contributed by atoms with Crippen molar-refractivity contribution in [3.05, 3.63) is 0 Å². The van der Waals surface area contributed by atoms with E-state index in [0.29, 0.717) is 11.5 Å². The van der Waals surface area contributed by atoms with E-state index in [4.69, 9.17) is 4.74 Å². The first-order valence-corrected chi connectivity index (χ1v) is 7.47. The van der Waals surface area contributed by atoms with Gasteiger partial charge < -0.3 is 4.74 Å². The molecule has 0 radical (unpaired) electrons. The second kappa shape index (κ2) is 6.78. The van der Waals surface area contributed by atoms with E-state index < -0.39 is 0 Å². The highest BCUT2D eigenvalue weighted by Gasteiger charge is 2.23. The standard InChI is InChI=1S/C16H32O/c1-13-8-9-15(17-5)14(2)7-6-11-16(3,4)12-10-13/h13-15H,6-12H2,1-5H3. The molecule has 1 heteroatoms. The van der Waals surface area contributed by atoms with Gasteiger partial charge in [-0.25, -0.2) is 0 Å². The molecule has 1 nitrogen and oxygen atoms in total. The summed E-state index contributed by atoms with van der Waals surface area (Å²) in [5.74, 6) is 1.58. The zero-order valence-electron chi connectivity index (χ0n) is 12.6. The molecular weight excluding hydrogens is 208 g/mol. The Labute approximate surface area is 108 Å². The van der Waals surface area contributed by atoms with Crippen LogP contribution < -0.4 is 0 Å². The molecular formula is C16H32O. The van der Waals surface area contributed by atoms with Gasteiger partial charge in [0.25, 0.3) is 0 Å². The lowest BCUT2D eigenvalue weighted by Crippen LogP contribution is -2.21. The zero-order valence-corrected chi connectivity index (χ0v) is 12.6. The van der Waals surface area contributed by atoms with Crippen LogP contribution in [0, 0.1) is 17.3 Å². The Bertz CT molecular complexity index is 210. The Morgan fingerprint density at radius 1 is 0.941 bits per heavy atom. The minimum absolute atomic E-state index is 0.485. The minimum Gasteiger partial charge on any atom is -0.381 e. The molecule has 0 amide bonds. The molecule has 0 N–H and O–H groups in total. The van der Waals surface area contributed by atoms with E-state index in [1.807, 2.05) is 7.11 Å². The fraction of sp³-hybridized carbons (Fsp3) is 1.00. The predicted molar refractivity (Wildman–Crippen MR) is 75.2 cm³/mol. The number of hydrogen-bond donors (Lipinski definition) is 0. The lowest BCUT2D eigenvalue weighted by atomic mass is 9.80. The summed E-state index contributed by atoms with van der Waals surface area (Å²) < 4.78 is 5.68. The molecule has 17 heavy (non-hydrogen) atoms. The molecule has 1 aliphatic rings. The van der Waals surface area contributed by atoms with E-state index in [-0.39, 0.29) is 0 Å². The first-order valence-electron chi connectivity index (χ1n) is 7.47. The quantitative estimate of drug-likeness (QED) is 0.623. The minimum atomic E-state index is 0.485. The van der Waals surface area contributed by atoms with Gasteiger partial charge in [-0.05, 0) is 49.4 Å². The van der Waals surface area contributed by atoms with Crippen molar-refractivity contribution in [3.8, 4) is 0 Å². The van der Waals surface area contributed by atoms with E-state index in [1.54, 1.807) is 0 Å². The van der Waals surface area contributed by atoms with Crippen LogP contribution in [-0.2, 0) is 4.74 Å². The molecule has 0 aromatic rings. The molecule has 0 spiro atoms. The smallest absolute Gasteiger partial charge is 0.0597 e. The van der Waals surface area contributed by atoms with E-state index >= 15 is 0 Å². The van der Waals surface area contributed by atoms with Crippen LogP contribution in [0.5, 0.6) is 0 Å². The third-order valence-corrected chi connectivity index (χ3v) is 4.71. The van der Waals surface area contributed by atoms with Gasteiger partial charge in [0.05, 0.1) is 6.10 Å². The van der Waals surface area contributed by atoms with E-state index in [2.05, 4.69) is 27.7 Å². The molecule has 102 valence electrons.